The van der Waals surface area contributed by atoms with Crippen LogP contribution in [0, 0.1) is 0 Å². The Kier molecular flexibility index (Phi) is 8.20. The van der Waals surface area contributed by atoms with Gasteiger partial charge in [-0.15, -0.1) is 5.10 Å². The normalized spacial score (nSPS) is 12.1. The van der Waals surface area contributed by atoms with Crippen molar-refractivity contribution < 1.29 is 22.8 Å². The Balaban J connectivity index is 2.02. The summed E-state index contributed by atoms with van der Waals surface area (Å²) in [5, 5.41) is 11.7. The molecule has 0 fully saturated rings. The number of nitrogens with one attached hydrogen (secondary N) is 3. The van der Waals surface area contributed by atoms with Crippen molar-refractivity contribution in [1.82, 2.24) is 30.2 Å². The van der Waals surface area contributed by atoms with Crippen molar-refractivity contribution >= 4 is 29.1 Å². The van der Waals surface area contributed by atoms with Crippen LogP contribution < -0.4 is 16.0 Å². The third-order valence-electron chi connectivity index (χ3n) is 4.94. The van der Waals surface area contributed by atoms with E-state index in [2.05, 4.69) is 37.6 Å². The van der Waals surface area contributed by atoms with Gasteiger partial charge in [-0.1, -0.05) is 30.9 Å². The maximum Gasteiger partial charge on any atom is 0.416 e. The van der Waals surface area contributed by atoms with Gasteiger partial charge in [-0.3, -0.25) is 15.1 Å². The molecule has 0 saturated heterocycles. The number of rotatable bonds is 8. The molecule has 188 valence electrons. The predicted octanol–water partition coefficient (Wildman–Crippen LogP) is 4.36. The average Bonchev–Trinajstić information content (AvgIpc) is 3.24. The average molecular weight is 499 g/mol. The highest BCUT2D eigenvalue weighted by Gasteiger charge is 2.33. The van der Waals surface area contributed by atoms with E-state index in [1.165, 1.54) is 10.6 Å². The predicted molar refractivity (Wildman–Crippen MR) is 129 cm³/mol. The molecule has 0 radical (unpaired) electrons. The maximum atomic E-state index is 13.3. The zero-order valence-corrected chi connectivity index (χ0v) is 19.6. The number of carbonyl (C=O) groups is 2. The van der Waals surface area contributed by atoms with Crippen LogP contribution in [-0.4, -0.2) is 38.1 Å². The first kappa shape index (κ1) is 26.1. The molecule has 3 rings (SSSR count). The van der Waals surface area contributed by atoms with Gasteiger partial charge in [-0.05, 0) is 43.2 Å². The van der Waals surface area contributed by atoms with Crippen LogP contribution in [-0.2, 0) is 12.7 Å². The van der Waals surface area contributed by atoms with E-state index in [1.807, 2.05) is 6.08 Å². The van der Waals surface area contributed by atoms with E-state index in [4.69, 9.17) is 0 Å². The monoisotopic (exact) mass is 499 g/mol. The largest absolute Gasteiger partial charge is 0.416 e. The molecular weight excluding hydrogens is 475 g/mol. The van der Waals surface area contributed by atoms with E-state index in [1.54, 1.807) is 38.1 Å². The lowest BCUT2D eigenvalue weighted by molar-refractivity contribution is -0.138. The van der Waals surface area contributed by atoms with Gasteiger partial charge >= 0.3 is 12.2 Å². The second kappa shape index (κ2) is 11.3. The fraction of sp³-hybridized carbons (Fsp3) is 0.208. The molecule has 0 aromatic carbocycles. The number of urea groups is 1. The second-order valence-corrected chi connectivity index (χ2v) is 7.37. The standard InChI is InChI=1S/C24H24F3N7O2/c1-4-7-8-15(5-2)16-11-19(34-20(12-16)31-22(33-34)32-23(36)29-6-3)21(35)30-14-17-13-28-10-9-18(17)24(25,26)27/h4-5,7-13H,1,6,14H2,2-3H3,(H,30,35)(H2,29,32,33,36)/b8-7-,15-5+. The number of nitrogens with zero attached hydrogens (tertiary/aromatic N) is 4. The zero-order chi connectivity index (χ0) is 26.3. The molecule has 0 spiro atoms. The highest BCUT2D eigenvalue weighted by atomic mass is 19.4. The quantitative estimate of drug-likeness (QED) is 0.399. The van der Waals surface area contributed by atoms with Gasteiger partial charge in [-0.25, -0.2) is 9.31 Å². The van der Waals surface area contributed by atoms with Gasteiger partial charge in [0.25, 0.3) is 11.9 Å². The van der Waals surface area contributed by atoms with Gasteiger partial charge in [-0.2, -0.15) is 18.2 Å². The Bertz CT molecular complexity index is 1340. The summed E-state index contributed by atoms with van der Waals surface area (Å²) in [6.07, 6.45) is 4.38. The fourth-order valence-corrected chi connectivity index (χ4v) is 3.31. The molecule has 0 unspecified atom stereocenters. The summed E-state index contributed by atoms with van der Waals surface area (Å²) in [7, 11) is 0. The third-order valence-corrected chi connectivity index (χ3v) is 4.94. The summed E-state index contributed by atoms with van der Waals surface area (Å²) in [6.45, 7) is 7.15. The number of alkyl halides is 3. The van der Waals surface area contributed by atoms with Gasteiger partial charge in [0.05, 0.1) is 5.56 Å². The van der Waals surface area contributed by atoms with E-state index in [-0.39, 0.29) is 22.9 Å². The van der Waals surface area contributed by atoms with Crippen molar-refractivity contribution in [3.63, 3.8) is 0 Å². The summed E-state index contributed by atoms with van der Waals surface area (Å²) in [4.78, 5) is 33.1. The molecule has 3 amide bonds. The van der Waals surface area contributed by atoms with E-state index in [0.717, 1.165) is 24.0 Å². The van der Waals surface area contributed by atoms with E-state index >= 15 is 0 Å². The maximum absolute atomic E-state index is 13.3. The number of aromatic nitrogens is 4. The molecule has 0 aliphatic carbocycles. The van der Waals surface area contributed by atoms with Crippen LogP contribution in [0.3, 0.4) is 0 Å². The van der Waals surface area contributed by atoms with Crippen LogP contribution in [0.4, 0.5) is 23.9 Å². The zero-order valence-electron chi connectivity index (χ0n) is 19.6. The Morgan fingerprint density at radius 3 is 2.67 bits per heavy atom. The summed E-state index contributed by atoms with van der Waals surface area (Å²) < 4.78 is 41.2. The first-order chi connectivity index (χ1) is 17.2. The molecule has 3 aromatic heterocycles. The smallest absolute Gasteiger partial charge is 0.347 e. The summed E-state index contributed by atoms with van der Waals surface area (Å²) in [6, 6.07) is 3.52. The molecule has 36 heavy (non-hydrogen) atoms. The number of anilines is 1. The minimum atomic E-state index is -4.60. The highest BCUT2D eigenvalue weighted by Crippen LogP contribution is 2.31. The van der Waals surface area contributed by atoms with Gasteiger partial charge in [0.15, 0.2) is 5.65 Å². The summed E-state index contributed by atoms with van der Waals surface area (Å²) in [5.74, 6) is -0.751. The Morgan fingerprint density at radius 1 is 1.22 bits per heavy atom. The number of amides is 3. The first-order valence-electron chi connectivity index (χ1n) is 10.9. The van der Waals surface area contributed by atoms with Crippen LogP contribution in [0.1, 0.15) is 41.0 Å². The van der Waals surface area contributed by atoms with Gasteiger partial charge < -0.3 is 10.6 Å². The number of allylic oxidation sites excluding steroid dienone is 5. The van der Waals surface area contributed by atoms with Gasteiger partial charge in [0.2, 0.25) is 0 Å². The van der Waals surface area contributed by atoms with E-state index < -0.39 is 30.2 Å². The van der Waals surface area contributed by atoms with Gasteiger partial charge in [0.1, 0.15) is 5.69 Å². The van der Waals surface area contributed by atoms with Crippen LogP contribution in [0.5, 0.6) is 0 Å². The van der Waals surface area contributed by atoms with Crippen molar-refractivity contribution in [2.45, 2.75) is 26.6 Å². The SMILES string of the molecule is C=C/C=C\C(=C/C)c1cc(C(=O)NCc2cnccc2C(F)(F)F)n2nc(NC(=O)NCC)nc2c1. The lowest BCUT2D eigenvalue weighted by Crippen LogP contribution is -2.29. The molecule has 3 aromatic rings. The lowest BCUT2D eigenvalue weighted by Gasteiger charge is -2.13. The van der Waals surface area contributed by atoms with Gasteiger partial charge in [0, 0.05) is 31.0 Å². The molecule has 3 heterocycles. The van der Waals surface area contributed by atoms with Crippen LogP contribution in [0.2, 0.25) is 0 Å². The number of hydrogen-bond acceptors (Lipinski definition) is 5. The Morgan fingerprint density at radius 2 is 2.00 bits per heavy atom. The molecule has 0 aliphatic heterocycles. The molecule has 0 bridgehead atoms. The van der Waals surface area contributed by atoms with Crippen molar-refractivity contribution in [1.29, 1.82) is 0 Å². The minimum Gasteiger partial charge on any atom is -0.347 e. The highest BCUT2D eigenvalue weighted by molar-refractivity contribution is 5.95. The molecule has 12 heteroatoms. The fourth-order valence-electron chi connectivity index (χ4n) is 3.31. The van der Waals surface area contributed by atoms with Crippen LogP contribution in [0.15, 0.2) is 61.5 Å². The lowest BCUT2D eigenvalue weighted by atomic mass is 10.0. The van der Waals surface area contributed by atoms with Crippen molar-refractivity contribution in [3.05, 3.63) is 83.9 Å². The number of carbonyl (C=O) groups excluding carboxylic acids is 2. The topological polar surface area (TPSA) is 113 Å². The molecule has 0 atom stereocenters. The van der Waals surface area contributed by atoms with E-state index in [9.17, 15) is 22.8 Å². The number of hydrogen-bond donors (Lipinski definition) is 3. The third kappa shape index (κ3) is 6.14. The molecular formula is C24H24F3N7O2. The molecule has 3 N–H and O–H groups in total. The van der Waals surface area contributed by atoms with Crippen LogP contribution >= 0.6 is 0 Å². The number of fused-ring (bicyclic) bond motifs is 1. The minimum absolute atomic E-state index is 0.00255. The first-order valence-corrected chi connectivity index (χ1v) is 10.9. The van der Waals surface area contributed by atoms with Crippen LogP contribution in [0.25, 0.3) is 11.2 Å². The van der Waals surface area contributed by atoms with Crippen molar-refractivity contribution in [3.8, 4) is 0 Å². The summed E-state index contributed by atoms with van der Waals surface area (Å²) in [5.41, 5.74) is 0.500. The molecule has 0 saturated carbocycles. The van der Waals surface area contributed by atoms with Crippen molar-refractivity contribution in [2.24, 2.45) is 0 Å². The van der Waals surface area contributed by atoms with Crippen molar-refractivity contribution in [2.75, 3.05) is 11.9 Å². The number of halogens is 3. The summed E-state index contributed by atoms with van der Waals surface area (Å²) >= 11 is 0. The molecule has 9 nitrogen and oxygen atoms in total. The van der Waals surface area contributed by atoms with E-state index in [0.29, 0.717) is 12.1 Å². The second-order valence-electron chi connectivity index (χ2n) is 7.37. The Labute approximate surface area is 204 Å². The molecule has 0 aliphatic rings. The Hall–Kier alpha value is -4.48. The number of pyridine rings is 2.